The molecule has 0 aliphatic heterocycles. The Bertz CT molecular complexity index is 1190. The van der Waals surface area contributed by atoms with Crippen LogP contribution in [0.3, 0.4) is 0 Å². The first-order valence-corrected chi connectivity index (χ1v) is 8.50. The Labute approximate surface area is 157 Å². The van der Waals surface area contributed by atoms with Gasteiger partial charge in [0, 0.05) is 12.2 Å². The normalized spacial score (nSPS) is 11.2. The lowest BCUT2D eigenvalue weighted by atomic mass is 10.1. The van der Waals surface area contributed by atoms with Gasteiger partial charge in [-0.05, 0) is 35.9 Å². The van der Waals surface area contributed by atoms with Crippen LogP contribution in [0.2, 0.25) is 10.0 Å². The Morgan fingerprint density at radius 1 is 0.962 bits per heavy atom. The Hall–Kier alpha value is -2.83. The number of hydrogen-bond donors (Lipinski definition) is 3. The van der Waals surface area contributed by atoms with Crippen LogP contribution in [-0.4, -0.2) is 9.97 Å². The summed E-state index contributed by atoms with van der Waals surface area (Å²) in [6, 6.07) is 10.6. The van der Waals surface area contributed by atoms with Crippen LogP contribution in [0.25, 0.3) is 11.0 Å². The third kappa shape index (κ3) is 2.94. The molecule has 0 amide bonds. The van der Waals surface area contributed by atoms with Gasteiger partial charge in [0.05, 0.1) is 27.4 Å². The van der Waals surface area contributed by atoms with Crippen LogP contribution < -0.4 is 21.5 Å². The molecule has 0 saturated carbocycles. The van der Waals surface area contributed by atoms with Gasteiger partial charge < -0.3 is 15.6 Å². The van der Waals surface area contributed by atoms with E-state index in [2.05, 4.69) is 20.6 Å². The van der Waals surface area contributed by atoms with Crippen molar-refractivity contribution in [1.82, 2.24) is 9.97 Å². The van der Waals surface area contributed by atoms with Crippen molar-refractivity contribution in [3.63, 3.8) is 0 Å². The Morgan fingerprint density at radius 3 is 2.58 bits per heavy atom. The van der Waals surface area contributed by atoms with Crippen molar-refractivity contribution >= 4 is 51.3 Å². The molecular formula is C18H12Cl2N4O2. The first kappa shape index (κ1) is 16.6. The zero-order chi connectivity index (χ0) is 18.3. The van der Waals surface area contributed by atoms with Crippen LogP contribution in [0.5, 0.6) is 0 Å². The van der Waals surface area contributed by atoms with Gasteiger partial charge in [0.25, 0.3) is 10.9 Å². The molecule has 0 unspecified atom stereocenters. The Kier molecular flexibility index (Phi) is 4.14. The van der Waals surface area contributed by atoms with Crippen LogP contribution >= 0.6 is 23.2 Å². The fraction of sp³-hybridized carbons (Fsp3) is 0.0556. The highest BCUT2D eigenvalue weighted by Gasteiger charge is 2.21. The SMILES string of the molecule is O=c1c(NCc2ccc(Cl)c(Cl)c2)c(Nc2ccc3[nH]cnc3c2)c1=O. The zero-order valence-electron chi connectivity index (χ0n) is 13.3. The third-order valence-electron chi connectivity index (χ3n) is 4.05. The van der Waals surface area contributed by atoms with Gasteiger partial charge in [-0.3, -0.25) is 9.59 Å². The largest absolute Gasteiger partial charge is 0.376 e. The topological polar surface area (TPSA) is 86.9 Å². The average Bonchev–Trinajstić information content (AvgIpc) is 3.11. The lowest BCUT2D eigenvalue weighted by molar-refractivity contribution is 1.13. The number of hydrogen-bond acceptors (Lipinski definition) is 5. The Morgan fingerprint density at radius 2 is 1.77 bits per heavy atom. The maximum atomic E-state index is 11.9. The number of imidazole rings is 1. The second kappa shape index (κ2) is 6.48. The molecule has 1 heterocycles. The molecule has 4 aromatic rings. The highest BCUT2D eigenvalue weighted by Crippen LogP contribution is 2.25. The number of benzene rings is 2. The predicted molar refractivity (Wildman–Crippen MR) is 105 cm³/mol. The molecule has 130 valence electrons. The minimum absolute atomic E-state index is 0.241. The number of anilines is 3. The number of aromatic amines is 1. The van der Waals surface area contributed by atoms with Crippen molar-refractivity contribution in [2.24, 2.45) is 0 Å². The minimum Gasteiger partial charge on any atom is -0.376 e. The fourth-order valence-corrected chi connectivity index (χ4v) is 2.99. The molecule has 26 heavy (non-hydrogen) atoms. The van der Waals surface area contributed by atoms with E-state index < -0.39 is 10.9 Å². The van der Waals surface area contributed by atoms with Crippen LogP contribution in [0.15, 0.2) is 52.3 Å². The summed E-state index contributed by atoms with van der Waals surface area (Å²) in [7, 11) is 0. The zero-order valence-corrected chi connectivity index (χ0v) is 14.8. The summed E-state index contributed by atoms with van der Waals surface area (Å²) in [6.45, 7) is 0.342. The van der Waals surface area contributed by atoms with E-state index in [1.165, 1.54) is 0 Å². The number of rotatable bonds is 5. The monoisotopic (exact) mass is 386 g/mol. The Balaban J connectivity index is 1.54. The van der Waals surface area contributed by atoms with Crippen LogP contribution in [-0.2, 0) is 6.54 Å². The lowest BCUT2D eigenvalue weighted by Gasteiger charge is -2.15. The van der Waals surface area contributed by atoms with Crippen molar-refractivity contribution in [2.45, 2.75) is 6.54 Å². The molecule has 8 heteroatoms. The van der Waals surface area contributed by atoms with Gasteiger partial charge in [-0.25, -0.2) is 4.98 Å². The molecule has 6 nitrogen and oxygen atoms in total. The highest BCUT2D eigenvalue weighted by atomic mass is 35.5. The van der Waals surface area contributed by atoms with Gasteiger partial charge in [0.1, 0.15) is 11.4 Å². The van der Waals surface area contributed by atoms with Crippen molar-refractivity contribution in [1.29, 1.82) is 0 Å². The molecule has 0 fully saturated rings. The maximum absolute atomic E-state index is 11.9. The number of nitrogens with one attached hydrogen (secondary N) is 3. The maximum Gasteiger partial charge on any atom is 0.253 e. The van der Waals surface area contributed by atoms with Crippen molar-refractivity contribution in [3.05, 3.63) is 78.8 Å². The molecular weight excluding hydrogens is 375 g/mol. The van der Waals surface area contributed by atoms with Gasteiger partial charge in [0.15, 0.2) is 0 Å². The first-order valence-electron chi connectivity index (χ1n) is 7.74. The standard InChI is InChI=1S/C18H12Cl2N4O2/c19-11-3-1-9(5-12(11)20)7-21-15-16(18(26)17(15)25)24-10-2-4-13-14(6-10)23-8-22-13/h1-6,8,21,24H,7H2,(H,22,23). The van der Waals surface area contributed by atoms with Crippen LogP contribution in [0, 0.1) is 0 Å². The van der Waals surface area contributed by atoms with E-state index in [4.69, 9.17) is 23.2 Å². The summed E-state index contributed by atoms with van der Waals surface area (Å²) in [5.41, 5.74) is 2.56. The molecule has 1 aromatic heterocycles. The van der Waals surface area contributed by atoms with Gasteiger partial charge in [-0.1, -0.05) is 29.3 Å². The molecule has 0 aliphatic rings. The van der Waals surface area contributed by atoms with E-state index >= 15 is 0 Å². The lowest BCUT2D eigenvalue weighted by Crippen LogP contribution is -2.36. The molecule has 4 rings (SSSR count). The van der Waals surface area contributed by atoms with Crippen molar-refractivity contribution in [2.75, 3.05) is 10.6 Å². The predicted octanol–water partition coefficient (Wildman–Crippen LogP) is 3.82. The summed E-state index contributed by atoms with van der Waals surface area (Å²) in [5, 5.41) is 6.87. The number of halogens is 2. The van der Waals surface area contributed by atoms with E-state index in [9.17, 15) is 9.59 Å². The number of nitrogens with zero attached hydrogens (tertiary/aromatic N) is 1. The van der Waals surface area contributed by atoms with Gasteiger partial charge in [-0.2, -0.15) is 0 Å². The van der Waals surface area contributed by atoms with E-state index in [1.54, 1.807) is 36.7 Å². The summed E-state index contributed by atoms with van der Waals surface area (Å²) in [4.78, 5) is 31.0. The van der Waals surface area contributed by atoms with E-state index in [0.717, 1.165) is 16.6 Å². The fourth-order valence-electron chi connectivity index (χ4n) is 2.67. The van der Waals surface area contributed by atoms with E-state index in [1.807, 2.05) is 6.07 Å². The quantitative estimate of drug-likeness (QED) is 0.453. The molecule has 0 spiro atoms. The molecule has 3 aromatic carbocycles. The van der Waals surface area contributed by atoms with Gasteiger partial charge in [0.2, 0.25) is 0 Å². The second-order valence-electron chi connectivity index (χ2n) is 5.77. The minimum atomic E-state index is -0.552. The van der Waals surface area contributed by atoms with Crippen LogP contribution in [0.4, 0.5) is 17.1 Å². The van der Waals surface area contributed by atoms with Crippen LogP contribution in [0.1, 0.15) is 5.56 Å². The molecule has 0 atom stereocenters. The number of H-pyrrole nitrogens is 1. The molecule has 0 radical (unpaired) electrons. The smallest absolute Gasteiger partial charge is 0.253 e. The van der Waals surface area contributed by atoms with Gasteiger partial charge in [-0.15, -0.1) is 0 Å². The van der Waals surface area contributed by atoms with E-state index in [0.29, 0.717) is 22.3 Å². The second-order valence-corrected chi connectivity index (χ2v) is 6.58. The third-order valence-corrected chi connectivity index (χ3v) is 4.79. The molecule has 0 saturated heterocycles. The molecule has 3 N–H and O–H groups in total. The summed E-state index contributed by atoms with van der Waals surface area (Å²) in [6.07, 6.45) is 1.59. The van der Waals surface area contributed by atoms with Crippen molar-refractivity contribution < 1.29 is 0 Å². The average molecular weight is 387 g/mol. The molecule has 0 aliphatic carbocycles. The van der Waals surface area contributed by atoms with E-state index in [-0.39, 0.29) is 11.4 Å². The first-order chi connectivity index (χ1) is 12.5. The van der Waals surface area contributed by atoms with Gasteiger partial charge >= 0.3 is 0 Å². The summed E-state index contributed by atoms with van der Waals surface area (Å²) >= 11 is 11.9. The summed E-state index contributed by atoms with van der Waals surface area (Å²) < 4.78 is 0. The number of aromatic nitrogens is 2. The highest BCUT2D eigenvalue weighted by molar-refractivity contribution is 6.42. The number of fused-ring (bicyclic) bond motifs is 1. The summed E-state index contributed by atoms with van der Waals surface area (Å²) in [5.74, 6) is 0. The molecule has 0 bridgehead atoms. The van der Waals surface area contributed by atoms with Crippen molar-refractivity contribution in [3.8, 4) is 0 Å².